The molecule has 2 N–H and O–H groups in total. The molecule has 0 aromatic heterocycles. The van der Waals surface area contributed by atoms with E-state index < -0.39 is 0 Å². The predicted octanol–water partition coefficient (Wildman–Crippen LogP) is 3.05. The van der Waals surface area contributed by atoms with Crippen LogP contribution in [0.3, 0.4) is 0 Å². The summed E-state index contributed by atoms with van der Waals surface area (Å²) >= 11 is 0. The Morgan fingerprint density at radius 1 is 1.26 bits per heavy atom. The number of hydrogen-bond donors (Lipinski definition) is 1. The third-order valence-corrected chi connectivity index (χ3v) is 4.30. The van der Waals surface area contributed by atoms with E-state index in [0.29, 0.717) is 6.10 Å². The van der Waals surface area contributed by atoms with Gasteiger partial charge in [-0.15, -0.1) is 0 Å². The van der Waals surface area contributed by atoms with Crippen LogP contribution in [0.1, 0.15) is 44.1 Å². The monoisotopic (exact) mass is 261 g/mol. The summed E-state index contributed by atoms with van der Waals surface area (Å²) in [5.41, 5.74) is 7.45. The van der Waals surface area contributed by atoms with Crippen LogP contribution in [0.25, 0.3) is 0 Å². The van der Waals surface area contributed by atoms with Gasteiger partial charge in [0.05, 0.1) is 13.2 Å². The Kier molecular flexibility index (Phi) is 3.40. The molecule has 0 saturated heterocycles. The standard InChI is InChI=1S/C16H23NO2/c1-18-14-8-4-5-12(11-16(17)9-10-16)15(14)19-13-6-2-3-7-13/h4-5,8,13H,2-3,6-7,9-11,17H2,1H3. The second-order valence-corrected chi connectivity index (χ2v) is 6.01. The van der Waals surface area contributed by atoms with E-state index in [2.05, 4.69) is 6.07 Å². The lowest BCUT2D eigenvalue weighted by Crippen LogP contribution is -2.25. The van der Waals surface area contributed by atoms with Gasteiger partial charge in [-0.3, -0.25) is 0 Å². The van der Waals surface area contributed by atoms with Gasteiger partial charge in [0.1, 0.15) is 0 Å². The van der Waals surface area contributed by atoms with Crippen molar-refractivity contribution < 1.29 is 9.47 Å². The number of hydrogen-bond acceptors (Lipinski definition) is 3. The van der Waals surface area contributed by atoms with Crippen LogP contribution >= 0.6 is 0 Å². The second kappa shape index (κ2) is 5.04. The lowest BCUT2D eigenvalue weighted by molar-refractivity contribution is 0.198. The van der Waals surface area contributed by atoms with Gasteiger partial charge in [-0.1, -0.05) is 12.1 Å². The number of rotatable bonds is 5. The first-order valence-electron chi connectivity index (χ1n) is 7.32. The summed E-state index contributed by atoms with van der Waals surface area (Å²) in [7, 11) is 1.70. The molecule has 0 heterocycles. The van der Waals surface area contributed by atoms with E-state index in [-0.39, 0.29) is 5.54 Å². The van der Waals surface area contributed by atoms with Crippen molar-refractivity contribution in [3.63, 3.8) is 0 Å². The summed E-state index contributed by atoms with van der Waals surface area (Å²) in [5, 5.41) is 0. The van der Waals surface area contributed by atoms with Crippen molar-refractivity contribution in [2.24, 2.45) is 5.73 Å². The Morgan fingerprint density at radius 3 is 2.63 bits per heavy atom. The minimum Gasteiger partial charge on any atom is -0.493 e. The van der Waals surface area contributed by atoms with Gasteiger partial charge < -0.3 is 15.2 Å². The number of nitrogens with two attached hydrogens (primary N) is 1. The predicted molar refractivity (Wildman–Crippen MR) is 75.7 cm³/mol. The highest BCUT2D eigenvalue weighted by atomic mass is 16.5. The van der Waals surface area contributed by atoms with Crippen LogP contribution in [0.15, 0.2) is 18.2 Å². The molecule has 0 unspecified atom stereocenters. The van der Waals surface area contributed by atoms with Crippen LogP contribution in [-0.4, -0.2) is 18.8 Å². The lowest BCUT2D eigenvalue weighted by atomic mass is 10.0. The summed E-state index contributed by atoms with van der Waals surface area (Å²) in [6, 6.07) is 6.13. The van der Waals surface area contributed by atoms with Crippen LogP contribution < -0.4 is 15.2 Å². The fraction of sp³-hybridized carbons (Fsp3) is 0.625. The quantitative estimate of drug-likeness (QED) is 0.886. The first-order valence-corrected chi connectivity index (χ1v) is 7.32. The molecule has 2 aliphatic rings. The molecular weight excluding hydrogens is 238 g/mol. The van der Waals surface area contributed by atoms with E-state index >= 15 is 0 Å². The van der Waals surface area contributed by atoms with Crippen molar-refractivity contribution in [3.05, 3.63) is 23.8 Å². The topological polar surface area (TPSA) is 44.5 Å². The average molecular weight is 261 g/mol. The molecule has 0 atom stereocenters. The molecule has 2 fully saturated rings. The summed E-state index contributed by atoms with van der Waals surface area (Å²) in [5.74, 6) is 1.77. The molecule has 3 rings (SSSR count). The van der Waals surface area contributed by atoms with E-state index in [1.54, 1.807) is 7.11 Å². The van der Waals surface area contributed by atoms with Crippen LogP contribution in [0, 0.1) is 0 Å². The Bertz CT molecular complexity index is 448. The minimum atomic E-state index is 0.000150. The normalized spacial score (nSPS) is 21.4. The fourth-order valence-electron chi connectivity index (χ4n) is 2.88. The van der Waals surface area contributed by atoms with Crippen LogP contribution in [0.5, 0.6) is 11.5 Å². The maximum absolute atomic E-state index is 6.25. The second-order valence-electron chi connectivity index (χ2n) is 6.01. The van der Waals surface area contributed by atoms with Crippen LogP contribution in [0.2, 0.25) is 0 Å². The van der Waals surface area contributed by atoms with Crippen molar-refractivity contribution in [2.45, 2.75) is 56.6 Å². The van der Waals surface area contributed by atoms with Gasteiger partial charge in [0.25, 0.3) is 0 Å². The molecule has 2 saturated carbocycles. The highest BCUT2D eigenvalue weighted by molar-refractivity contribution is 5.48. The summed E-state index contributed by atoms with van der Waals surface area (Å²) in [4.78, 5) is 0. The number of benzene rings is 1. The molecule has 3 heteroatoms. The summed E-state index contributed by atoms with van der Waals surface area (Å²) in [6.07, 6.45) is 8.34. The Morgan fingerprint density at radius 2 is 2.00 bits per heavy atom. The lowest BCUT2D eigenvalue weighted by Gasteiger charge is -2.20. The molecule has 3 nitrogen and oxygen atoms in total. The maximum atomic E-state index is 6.25. The van der Waals surface area contributed by atoms with Gasteiger partial charge in [-0.05, 0) is 56.6 Å². The van der Waals surface area contributed by atoms with Crippen LogP contribution in [0.4, 0.5) is 0 Å². The van der Waals surface area contributed by atoms with Crippen molar-refractivity contribution >= 4 is 0 Å². The molecule has 19 heavy (non-hydrogen) atoms. The molecule has 2 aliphatic carbocycles. The summed E-state index contributed by atoms with van der Waals surface area (Å²) < 4.78 is 11.7. The molecule has 0 bridgehead atoms. The SMILES string of the molecule is COc1cccc(CC2(N)CC2)c1OC1CCCC1. The zero-order valence-electron chi connectivity index (χ0n) is 11.7. The van der Waals surface area contributed by atoms with Crippen molar-refractivity contribution in [3.8, 4) is 11.5 Å². The maximum Gasteiger partial charge on any atom is 0.164 e. The molecular formula is C16H23NO2. The largest absolute Gasteiger partial charge is 0.493 e. The molecule has 1 aromatic carbocycles. The summed E-state index contributed by atoms with van der Waals surface area (Å²) in [6.45, 7) is 0. The van der Waals surface area contributed by atoms with E-state index in [9.17, 15) is 0 Å². The molecule has 0 amide bonds. The first kappa shape index (κ1) is 12.8. The van der Waals surface area contributed by atoms with Gasteiger partial charge in [0.15, 0.2) is 11.5 Å². The smallest absolute Gasteiger partial charge is 0.164 e. The molecule has 1 aromatic rings. The number of ether oxygens (including phenoxy) is 2. The fourth-order valence-corrected chi connectivity index (χ4v) is 2.88. The zero-order chi connectivity index (χ0) is 13.3. The van der Waals surface area contributed by atoms with Gasteiger partial charge in [-0.25, -0.2) is 0 Å². The number of methoxy groups -OCH3 is 1. The first-order chi connectivity index (χ1) is 9.20. The van der Waals surface area contributed by atoms with Crippen LogP contribution in [-0.2, 0) is 6.42 Å². The van der Waals surface area contributed by atoms with E-state index in [1.165, 1.54) is 18.4 Å². The third-order valence-electron chi connectivity index (χ3n) is 4.30. The van der Waals surface area contributed by atoms with E-state index in [1.807, 2.05) is 12.1 Å². The molecule has 0 aliphatic heterocycles. The van der Waals surface area contributed by atoms with E-state index in [4.69, 9.17) is 15.2 Å². The third kappa shape index (κ3) is 2.86. The number of para-hydroxylation sites is 1. The van der Waals surface area contributed by atoms with Crippen molar-refractivity contribution in [1.82, 2.24) is 0 Å². The highest BCUT2D eigenvalue weighted by Crippen LogP contribution is 2.41. The average Bonchev–Trinajstić information content (AvgIpc) is 2.92. The Labute approximate surface area is 115 Å². The van der Waals surface area contributed by atoms with Crippen molar-refractivity contribution in [1.29, 1.82) is 0 Å². The van der Waals surface area contributed by atoms with Crippen molar-refractivity contribution in [2.75, 3.05) is 7.11 Å². The molecule has 0 spiro atoms. The van der Waals surface area contributed by atoms with Gasteiger partial charge in [0.2, 0.25) is 0 Å². The van der Waals surface area contributed by atoms with Gasteiger partial charge in [-0.2, -0.15) is 0 Å². The van der Waals surface area contributed by atoms with Gasteiger partial charge in [0, 0.05) is 5.54 Å². The van der Waals surface area contributed by atoms with Gasteiger partial charge >= 0.3 is 0 Å². The Balaban J connectivity index is 1.84. The minimum absolute atomic E-state index is 0.000150. The van der Waals surface area contributed by atoms with E-state index in [0.717, 1.165) is 43.6 Å². The Hall–Kier alpha value is -1.22. The molecule has 104 valence electrons. The molecule has 0 radical (unpaired) electrons. The highest BCUT2D eigenvalue weighted by Gasteiger charge is 2.39. The zero-order valence-corrected chi connectivity index (χ0v) is 11.7.